The van der Waals surface area contributed by atoms with Crippen molar-refractivity contribution in [1.82, 2.24) is 0 Å². The van der Waals surface area contributed by atoms with Crippen LogP contribution in [0.3, 0.4) is 0 Å². The molecule has 4 aromatic rings. The molecule has 0 spiro atoms. The lowest BCUT2D eigenvalue weighted by molar-refractivity contribution is -0.384. The van der Waals surface area contributed by atoms with E-state index in [0.717, 1.165) is 27.5 Å². The minimum Gasteiger partial charge on any atom is -0.488 e. The van der Waals surface area contributed by atoms with Crippen LogP contribution in [0.5, 0.6) is 5.75 Å². The largest absolute Gasteiger partial charge is 0.488 e. The molecule has 4 aromatic carbocycles. The summed E-state index contributed by atoms with van der Waals surface area (Å²) in [5.74, 6) is 0.678. The summed E-state index contributed by atoms with van der Waals surface area (Å²) in [4.78, 5) is 15.5. The molecule has 4 rings (SSSR count). The van der Waals surface area contributed by atoms with Crippen molar-refractivity contribution in [3.8, 4) is 5.75 Å². The maximum absolute atomic E-state index is 11.4. The normalized spacial score (nSPS) is 11.1. The summed E-state index contributed by atoms with van der Waals surface area (Å²) in [6, 6.07) is 26.7. The molecule has 0 unspecified atom stereocenters. The molecule has 0 aliphatic heterocycles. The second-order valence-corrected chi connectivity index (χ2v) is 6.93. The Hall–Kier alpha value is -3.99. The molecular weight excluding hydrogens is 376 g/mol. The van der Waals surface area contributed by atoms with Crippen molar-refractivity contribution in [2.24, 2.45) is 4.99 Å². The first kappa shape index (κ1) is 19.3. The van der Waals surface area contributed by atoms with E-state index in [9.17, 15) is 10.1 Å². The van der Waals surface area contributed by atoms with Gasteiger partial charge in [-0.05, 0) is 34.9 Å². The number of aliphatic imine (C=N–C) groups is 1. The predicted molar refractivity (Wildman–Crippen MR) is 120 cm³/mol. The van der Waals surface area contributed by atoms with Crippen LogP contribution in [0.15, 0.2) is 89.9 Å². The third-order valence-corrected chi connectivity index (χ3v) is 4.90. The van der Waals surface area contributed by atoms with Gasteiger partial charge in [-0.25, -0.2) is 4.99 Å². The first-order chi connectivity index (χ1) is 14.6. The van der Waals surface area contributed by atoms with Crippen LogP contribution in [0.2, 0.25) is 0 Å². The first-order valence-electron chi connectivity index (χ1n) is 9.60. The van der Waals surface area contributed by atoms with Crippen LogP contribution < -0.4 is 4.74 Å². The van der Waals surface area contributed by atoms with Gasteiger partial charge in [-0.2, -0.15) is 0 Å². The quantitative estimate of drug-likeness (QED) is 0.216. The zero-order chi connectivity index (χ0) is 20.9. The van der Waals surface area contributed by atoms with E-state index in [1.165, 1.54) is 6.07 Å². The molecule has 0 heterocycles. The monoisotopic (exact) mass is 396 g/mol. The van der Waals surface area contributed by atoms with Crippen LogP contribution in [-0.2, 0) is 6.61 Å². The van der Waals surface area contributed by atoms with Crippen LogP contribution in [0.4, 0.5) is 11.4 Å². The zero-order valence-electron chi connectivity index (χ0n) is 16.5. The van der Waals surface area contributed by atoms with Gasteiger partial charge in [-0.1, -0.05) is 72.8 Å². The number of nitro groups is 1. The maximum atomic E-state index is 11.4. The number of rotatable bonds is 6. The van der Waals surface area contributed by atoms with Crippen molar-refractivity contribution in [2.75, 3.05) is 0 Å². The minimum atomic E-state index is -0.407. The molecule has 0 amide bonds. The topological polar surface area (TPSA) is 64.7 Å². The fourth-order valence-corrected chi connectivity index (χ4v) is 3.36. The van der Waals surface area contributed by atoms with Gasteiger partial charge in [-0.3, -0.25) is 10.1 Å². The first-order valence-corrected chi connectivity index (χ1v) is 9.60. The number of para-hydroxylation sites is 1. The van der Waals surface area contributed by atoms with Gasteiger partial charge in [0.25, 0.3) is 5.69 Å². The van der Waals surface area contributed by atoms with Crippen molar-refractivity contribution in [2.45, 2.75) is 13.5 Å². The minimum absolute atomic E-state index is 0.0155. The Morgan fingerprint density at radius 2 is 1.70 bits per heavy atom. The van der Waals surface area contributed by atoms with Gasteiger partial charge in [0.15, 0.2) is 0 Å². The molecule has 0 bridgehead atoms. The Bertz CT molecular complexity index is 1230. The fourth-order valence-electron chi connectivity index (χ4n) is 3.36. The van der Waals surface area contributed by atoms with E-state index >= 15 is 0 Å². The number of aryl methyl sites for hydroxylation is 1. The van der Waals surface area contributed by atoms with E-state index in [-0.39, 0.29) is 5.69 Å². The Labute approximate surface area is 174 Å². The number of ether oxygens (including phenoxy) is 1. The van der Waals surface area contributed by atoms with E-state index in [1.807, 2.05) is 79.7 Å². The van der Waals surface area contributed by atoms with Crippen molar-refractivity contribution in [3.63, 3.8) is 0 Å². The highest BCUT2D eigenvalue weighted by molar-refractivity contribution is 6.03. The van der Waals surface area contributed by atoms with Gasteiger partial charge in [0.1, 0.15) is 18.0 Å². The van der Waals surface area contributed by atoms with Gasteiger partial charge >= 0.3 is 0 Å². The van der Waals surface area contributed by atoms with E-state index in [1.54, 1.807) is 12.3 Å². The second-order valence-electron chi connectivity index (χ2n) is 6.93. The molecule has 0 saturated heterocycles. The van der Waals surface area contributed by atoms with E-state index in [0.29, 0.717) is 18.0 Å². The zero-order valence-corrected chi connectivity index (χ0v) is 16.5. The number of fused-ring (bicyclic) bond motifs is 1. The van der Waals surface area contributed by atoms with E-state index in [4.69, 9.17) is 4.74 Å². The summed E-state index contributed by atoms with van der Waals surface area (Å²) in [5.41, 5.74) is 2.93. The summed E-state index contributed by atoms with van der Waals surface area (Å²) in [6.45, 7) is 2.24. The van der Waals surface area contributed by atoms with E-state index < -0.39 is 4.92 Å². The average Bonchev–Trinajstić information content (AvgIpc) is 2.77. The Kier molecular flexibility index (Phi) is 5.52. The molecule has 0 aliphatic carbocycles. The molecule has 5 nitrogen and oxygen atoms in total. The van der Waals surface area contributed by atoms with Crippen LogP contribution in [0.25, 0.3) is 10.8 Å². The molecule has 5 heteroatoms. The highest BCUT2D eigenvalue weighted by atomic mass is 16.6. The van der Waals surface area contributed by atoms with Crippen molar-refractivity contribution in [3.05, 3.63) is 112 Å². The summed E-state index contributed by atoms with van der Waals surface area (Å²) < 4.78 is 6.10. The van der Waals surface area contributed by atoms with Gasteiger partial charge in [0.2, 0.25) is 0 Å². The molecule has 0 saturated carbocycles. The molecule has 30 heavy (non-hydrogen) atoms. The molecule has 0 fully saturated rings. The molecular formula is C25H20N2O3. The third kappa shape index (κ3) is 4.05. The molecule has 0 N–H and O–H groups in total. The number of hydrogen-bond donors (Lipinski definition) is 0. The molecule has 148 valence electrons. The van der Waals surface area contributed by atoms with Gasteiger partial charge in [0, 0.05) is 17.8 Å². The number of nitro benzene ring substituents is 1. The lowest BCUT2D eigenvalue weighted by atomic mass is 10.0. The molecule has 0 radical (unpaired) electrons. The summed E-state index contributed by atoms with van der Waals surface area (Å²) in [7, 11) is 0. The highest BCUT2D eigenvalue weighted by Gasteiger charge is 2.15. The smallest absolute Gasteiger partial charge is 0.295 e. The lowest BCUT2D eigenvalue weighted by Crippen LogP contribution is -1.99. The Morgan fingerprint density at radius 3 is 2.50 bits per heavy atom. The number of nitrogens with zero attached hydrogens (tertiary/aromatic N) is 2. The van der Waals surface area contributed by atoms with Crippen molar-refractivity contribution >= 4 is 28.4 Å². The average molecular weight is 396 g/mol. The number of benzene rings is 4. The Morgan fingerprint density at radius 1 is 0.933 bits per heavy atom. The van der Waals surface area contributed by atoms with Crippen LogP contribution >= 0.6 is 0 Å². The molecule has 0 aromatic heterocycles. The van der Waals surface area contributed by atoms with Crippen LogP contribution in [0, 0.1) is 17.0 Å². The summed E-state index contributed by atoms with van der Waals surface area (Å²) in [5, 5.41) is 13.5. The van der Waals surface area contributed by atoms with Crippen LogP contribution in [0.1, 0.15) is 16.7 Å². The SMILES string of the molecule is Cc1cccc([N+](=O)[O-])c1N=Cc1c(OCc2ccccc2)ccc2ccccc12. The second kappa shape index (κ2) is 8.57. The fraction of sp³-hybridized carbons (Fsp3) is 0.0800. The standard InChI is InChI=1S/C25H20N2O3/c1-18-8-7-13-23(27(28)29)25(18)26-16-22-21-12-6-5-11-20(21)14-15-24(22)30-17-19-9-3-2-4-10-19/h2-16H,17H2,1H3. The predicted octanol–water partition coefficient (Wildman–Crippen LogP) is 6.39. The number of hydrogen-bond acceptors (Lipinski definition) is 4. The summed E-state index contributed by atoms with van der Waals surface area (Å²) >= 11 is 0. The lowest BCUT2D eigenvalue weighted by Gasteiger charge is -2.12. The van der Waals surface area contributed by atoms with E-state index in [2.05, 4.69) is 4.99 Å². The molecule has 0 aliphatic rings. The van der Waals surface area contributed by atoms with Gasteiger partial charge < -0.3 is 4.74 Å². The third-order valence-electron chi connectivity index (χ3n) is 4.90. The maximum Gasteiger partial charge on any atom is 0.295 e. The van der Waals surface area contributed by atoms with Crippen molar-refractivity contribution in [1.29, 1.82) is 0 Å². The molecule has 0 atom stereocenters. The highest BCUT2D eigenvalue weighted by Crippen LogP contribution is 2.32. The van der Waals surface area contributed by atoms with Gasteiger partial charge in [-0.15, -0.1) is 0 Å². The van der Waals surface area contributed by atoms with Crippen molar-refractivity contribution < 1.29 is 9.66 Å². The Balaban J connectivity index is 1.77. The van der Waals surface area contributed by atoms with Crippen LogP contribution in [-0.4, -0.2) is 11.1 Å². The van der Waals surface area contributed by atoms with Gasteiger partial charge in [0.05, 0.1) is 4.92 Å². The summed E-state index contributed by atoms with van der Waals surface area (Å²) in [6.07, 6.45) is 1.66.